The van der Waals surface area contributed by atoms with Crippen LogP contribution in [0.4, 0.5) is 11.6 Å². The largest absolute Gasteiger partial charge is 1.00 e. The van der Waals surface area contributed by atoms with Gasteiger partial charge in [-0.25, -0.2) is 14.8 Å². The van der Waals surface area contributed by atoms with Crippen molar-refractivity contribution in [3.05, 3.63) is 83.7 Å². The molecule has 0 bridgehead atoms. The Hall–Kier alpha value is -4.14. The second kappa shape index (κ2) is 12.0. The minimum absolute atomic E-state index is 0. The summed E-state index contributed by atoms with van der Waals surface area (Å²) in [6, 6.07) is 8.50. The Bertz CT molecular complexity index is 1850. The molecule has 12 nitrogen and oxygen atoms in total. The Labute approximate surface area is 297 Å². The summed E-state index contributed by atoms with van der Waals surface area (Å²) >= 11 is 0. The molecule has 4 saturated carbocycles. The molecule has 6 aliphatic rings. The van der Waals surface area contributed by atoms with E-state index in [9.17, 15) is 14.7 Å². The third kappa shape index (κ3) is 5.82. The maximum Gasteiger partial charge on any atom is 1.00 e. The van der Waals surface area contributed by atoms with Gasteiger partial charge in [-0.3, -0.25) is 9.36 Å². The third-order valence-corrected chi connectivity index (χ3v) is 11.4. The molecule has 6 heterocycles. The van der Waals surface area contributed by atoms with Crippen LogP contribution in [0.15, 0.2) is 61.4 Å². The zero-order valence-electron chi connectivity index (χ0n) is 28.1. The molecule has 4 aliphatic carbocycles. The Kier molecular flexibility index (Phi) is 7.87. The number of carboxylic acids is 1. The van der Waals surface area contributed by atoms with Crippen molar-refractivity contribution in [1.29, 1.82) is 0 Å². The van der Waals surface area contributed by atoms with Gasteiger partial charge >= 0.3 is 24.8 Å². The van der Waals surface area contributed by atoms with Gasteiger partial charge in [0.25, 0.3) is 0 Å². The van der Waals surface area contributed by atoms with Crippen LogP contribution in [0.25, 0.3) is 0 Å². The van der Waals surface area contributed by atoms with Gasteiger partial charge in [-0.15, -0.1) is 0 Å². The first-order valence-electron chi connectivity index (χ1n) is 17.3. The topological polar surface area (TPSA) is 134 Å². The fourth-order valence-corrected chi connectivity index (χ4v) is 7.94. The fraction of sp³-hybridized carbons (Fsp3) is 0.500. The molecule has 0 N–H and O–H groups in total. The van der Waals surface area contributed by atoms with Crippen LogP contribution in [0.3, 0.4) is 0 Å². The van der Waals surface area contributed by atoms with Crippen molar-refractivity contribution in [2.24, 2.45) is 23.7 Å². The van der Waals surface area contributed by atoms with Gasteiger partial charge in [0.15, 0.2) is 0 Å². The van der Waals surface area contributed by atoms with E-state index in [1.807, 2.05) is 24.0 Å². The fourth-order valence-electron chi connectivity index (χ4n) is 7.94. The summed E-state index contributed by atoms with van der Waals surface area (Å²) in [6.45, 7) is 6.77. The normalized spacial score (nSPS) is 25.7. The van der Waals surface area contributed by atoms with E-state index in [2.05, 4.69) is 49.2 Å². The second-order valence-corrected chi connectivity index (χ2v) is 14.6. The van der Waals surface area contributed by atoms with Gasteiger partial charge in [-0.2, -0.15) is 10.2 Å². The Balaban J connectivity index is 0.000000140. The van der Waals surface area contributed by atoms with Crippen LogP contribution in [0.5, 0.6) is 0 Å². The third-order valence-electron chi connectivity index (χ3n) is 11.4. The van der Waals surface area contributed by atoms with E-state index < -0.39 is 5.97 Å². The number of nitrogens with zero attached hydrogens (tertiary/aromatic N) is 8. The van der Waals surface area contributed by atoms with Crippen LogP contribution in [-0.4, -0.2) is 74.3 Å². The Morgan fingerprint density at radius 3 is 1.55 bits per heavy atom. The van der Waals surface area contributed by atoms with Crippen molar-refractivity contribution >= 4 is 23.6 Å². The van der Waals surface area contributed by atoms with Crippen LogP contribution in [0.2, 0.25) is 0 Å². The summed E-state index contributed by atoms with van der Waals surface area (Å²) < 4.78 is 8.71. The molecule has 49 heavy (non-hydrogen) atoms. The minimum Gasteiger partial charge on any atom is -0.545 e. The SMILES string of the molecule is CCOC(=O)c1cnn(C2(c3ccc(N4CC5CC5C4)nc3)CC2)c1.O=C([O-])c1cnn(C2(c3ccc(N4CC5CC5C4)nc3)CC2)c1.[Li+]. The number of piperidine rings is 2. The molecule has 2 saturated heterocycles. The second-order valence-electron chi connectivity index (χ2n) is 14.6. The monoisotopic (exact) mass is 654 g/mol. The van der Waals surface area contributed by atoms with Crippen LogP contribution in [0.1, 0.15) is 77.3 Å². The molecule has 0 amide bonds. The average Bonchev–Trinajstić information content (AvgIpc) is 4.11. The van der Waals surface area contributed by atoms with Crippen LogP contribution in [-0.2, 0) is 15.8 Å². The number of carboxylic acid groups (broad SMARTS) is 1. The number of hydrogen-bond acceptors (Lipinski definition) is 10. The number of rotatable bonds is 9. The molecule has 10 rings (SSSR count). The molecule has 2 aliphatic heterocycles. The van der Waals surface area contributed by atoms with Crippen LogP contribution < -0.4 is 33.8 Å². The molecular weight excluding hydrogens is 615 g/mol. The quantitative estimate of drug-likeness (QED) is 0.181. The molecule has 0 aromatic carbocycles. The van der Waals surface area contributed by atoms with Crippen LogP contribution >= 0.6 is 0 Å². The number of fused-ring (bicyclic) bond motifs is 2. The smallest absolute Gasteiger partial charge is 0.545 e. The summed E-state index contributed by atoms with van der Waals surface area (Å²) in [5.74, 6) is 4.21. The summed E-state index contributed by atoms with van der Waals surface area (Å²) in [5, 5.41) is 19.6. The van der Waals surface area contributed by atoms with E-state index in [0.29, 0.717) is 12.2 Å². The van der Waals surface area contributed by atoms with E-state index >= 15 is 0 Å². The number of ether oxygens (including phenoxy) is 1. The summed E-state index contributed by atoms with van der Waals surface area (Å²) in [4.78, 5) is 36.9. The first kappa shape index (κ1) is 32.1. The standard InChI is InChI=1S/C19H22N4O2.C17H18N4O2.Li/c1-2-25-18(24)15-8-21-23(12-15)19(5-6-19)16-3-4-17(20-9-16)22-10-13-7-14(13)11-22;22-16(23)13-6-19-21(10-13)17(3-4-17)14-1-2-15(18-7-14)20-8-11-5-12(11)9-20;/h3-4,8-9,12-14H,2,5-7,10-11H2,1H3;1-2,6-7,10-12H,3-5,8-9H2,(H,22,23);/q;;+1/p-1. The van der Waals surface area contributed by atoms with E-state index in [-0.39, 0.29) is 41.5 Å². The molecule has 0 spiro atoms. The molecule has 4 atom stereocenters. The van der Waals surface area contributed by atoms with Crippen molar-refractivity contribution in [2.45, 2.75) is 56.5 Å². The molecule has 4 unspecified atom stereocenters. The number of aromatic carboxylic acids is 1. The van der Waals surface area contributed by atoms with Crippen molar-refractivity contribution < 1.29 is 38.3 Å². The summed E-state index contributed by atoms with van der Waals surface area (Å²) in [6.07, 6.45) is 17.0. The van der Waals surface area contributed by atoms with Gasteiger partial charge in [-0.1, -0.05) is 12.1 Å². The Morgan fingerprint density at radius 2 is 1.18 bits per heavy atom. The van der Waals surface area contributed by atoms with E-state index in [1.165, 1.54) is 24.6 Å². The molecule has 6 fully saturated rings. The van der Waals surface area contributed by atoms with Gasteiger partial charge < -0.3 is 24.4 Å². The molecule has 4 aromatic rings. The summed E-state index contributed by atoms with van der Waals surface area (Å²) in [7, 11) is 0. The predicted octanol–water partition coefficient (Wildman–Crippen LogP) is 0.0874. The van der Waals surface area contributed by atoms with Crippen molar-refractivity contribution in [3.63, 3.8) is 0 Å². The van der Waals surface area contributed by atoms with Gasteiger partial charge in [0.1, 0.15) is 11.6 Å². The number of hydrogen-bond donors (Lipinski definition) is 0. The van der Waals surface area contributed by atoms with Gasteiger partial charge in [0.2, 0.25) is 0 Å². The predicted molar refractivity (Wildman–Crippen MR) is 173 cm³/mol. The Morgan fingerprint density at radius 1 is 0.735 bits per heavy atom. The minimum atomic E-state index is -1.19. The molecule has 4 aromatic heterocycles. The number of pyridine rings is 2. The van der Waals surface area contributed by atoms with Crippen molar-refractivity contribution in [2.75, 3.05) is 42.6 Å². The van der Waals surface area contributed by atoms with Crippen molar-refractivity contribution in [1.82, 2.24) is 29.5 Å². The zero-order valence-corrected chi connectivity index (χ0v) is 28.1. The van der Waals surface area contributed by atoms with Gasteiger partial charge in [-0.05, 0) is 92.4 Å². The summed E-state index contributed by atoms with van der Waals surface area (Å²) in [5.41, 5.74) is 2.51. The maximum atomic E-state index is 11.9. The van der Waals surface area contributed by atoms with E-state index in [0.717, 1.165) is 92.7 Å². The van der Waals surface area contributed by atoms with Gasteiger partial charge in [0, 0.05) is 56.5 Å². The van der Waals surface area contributed by atoms with E-state index in [1.54, 1.807) is 23.3 Å². The van der Waals surface area contributed by atoms with Crippen molar-refractivity contribution in [3.8, 4) is 0 Å². The maximum absolute atomic E-state index is 11.9. The number of carbonyl (C=O) groups excluding carboxylic acids is 2. The number of anilines is 2. The molecule has 13 heteroatoms. The molecule has 248 valence electrons. The molecule has 0 radical (unpaired) electrons. The number of carbonyl (C=O) groups is 2. The van der Waals surface area contributed by atoms with Crippen LogP contribution in [0, 0.1) is 23.7 Å². The number of aromatic nitrogens is 6. The average molecular weight is 655 g/mol. The van der Waals surface area contributed by atoms with Gasteiger partial charge in [0.05, 0.1) is 41.6 Å². The first-order chi connectivity index (χ1) is 23.3. The first-order valence-corrected chi connectivity index (χ1v) is 17.3. The zero-order chi connectivity index (χ0) is 32.6. The van der Waals surface area contributed by atoms with E-state index in [4.69, 9.17) is 9.72 Å². The molecular formula is C36H39LiN8O4. The number of esters is 1.